The molecule has 1 heterocycles. The molecule has 4 N–H and O–H groups in total. The van der Waals surface area contributed by atoms with Crippen molar-refractivity contribution in [2.75, 3.05) is 26.2 Å². The van der Waals surface area contributed by atoms with E-state index in [0.717, 1.165) is 12.1 Å². The monoisotopic (exact) mass is 407 g/mol. The van der Waals surface area contributed by atoms with Gasteiger partial charge in [0.25, 0.3) is 0 Å². The molecule has 0 radical (unpaired) electrons. The third kappa shape index (κ3) is 6.98. The van der Waals surface area contributed by atoms with E-state index in [1.165, 1.54) is 6.07 Å². The molecule has 0 bridgehead atoms. The zero-order valence-electron chi connectivity index (χ0n) is 15.6. The summed E-state index contributed by atoms with van der Waals surface area (Å²) < 4.78 is 45.0. The molecule has 1 saturated heterocycles. The standard InChI is InChI=1S/C19H28F3NO5/c20-13(11-28-10-12-4-5-14(21)15(22)7-12)3-1-2-6-23-8-16(24)18(26)19(27)17(25)9-23/h4-5,7,13,16-19,24-27H,1-3,6,8-11H2/t13?,16-,17-,18+,19+/m0/s1. The van der Waals surface area contributed by atoms with Gasteiger partial charge in [-0.05, 0) is 43.5 Å². The van der Waals surface area contributed by atoms with Crippen LogP contribution < -0.4 is 0 Å². The Morgan fingerprint density at radius 1 is 1.00 bits per heavy atom. The van der Waals surface area contributed by atoms with E-state index in [0.29, 0.717) is 24.9 Å². The Morgan fingerprint density at radius 3 is 2.25 bits per heavy atom. The van der Waals surface area contributed by atoms with Gasteiger partial charge in [0.1, 0.15) is 18.4 Å². The number of unbranched alkanes of at least 4 members (excludes halogenated alkanes) is 1. The predicted octanol–water partition coefficient (Wildman–Crippen LogP) is 0.749. The van der Waals surface area contributed by atoms with Gasteiger partial charge in [-0.25, -0.2) is 13.2 Å². The Balaban J connectivity index is 1.61. The average Bonchev–Trinajstić information content (AvgIpc) is 2.74. The van der Waals surface area contributed by atoms with Crippen LogP contribution in [0.25, 0.3) is 0 Å². The van der Waals surface area contributed by atoms with Crippen LogP contribution in [0, 0.1) is 11.6 Å². The van der Waals surface area contributed by atoms with Gasteiger partial charge in [0.2, 0.25) is 0 Å². The van der Waals surface area contributed by atoms with Crippen molar-refractivity contribution in [2.24, 2.45) is 0 Å². The van der Waals surface area contributed by atoms with Crippen LogP contribution in [-0.2, 0) is 11.3 Å². The second-order valence-corrected chi connectivity index (χ2v) is 7.23. The molecule has 1 aliphatic rings. The third-order valence-electron chi connectivity index (χ3n) is 4.82. The number of likely N-dealkylation sites (tertiary alicyclic amines) is 1. The van der Waals surface area contributed by atoms with Crippen LogP contribution in [0.2, 0.25) is 0 Å². The number of rotatable bonds is 9. The fourth-order valence-electron chi connectivity index (χ4n) is 3.18. The van der Waals surface area contributed by atoms with Crippen LogP contribution >= 0.6 is 0 Å². The maximum Gasteiger partial charge on any atom is 0.159 e. The molecule has 9 heteroatoms. The minimum atomic E-state index is -1.40. The van der Waals surface area contributed by atoms with Gasteiger partial charge in [-0.2, -0.15) is 0 Å². The van der Waals surface area contributed by atoms with Gasteiger partial charge in [0.05, 0.1) is 25.4 Å². The summed E-state index contributed by atoms with van der Waals surface area (Å²) in [5.41, 5.74) is 0.425. The molecule has 5 atom stereocenters. The minimum Gasteiger partial charge on any atom is -0.389 e. The third-order valence-corrected chi connectivity index (χ3v) is 4.82. The summed E-state index contributed by atoms with van der Waals surface area (Å²) >= 11 is 0. The normalized spacial score (nSPS) is 27.5. The van der Waals surface area contributed by atoms with Gasteiger partial charge >= 0.3 is 0 Å². The van der Waals surface area contributed by atoms with Gasteiger partial charge in [-0.15, -0.1) is 0 Å². The van der Waals surface area contributed by atoms with E-state index in [4.69, 9.17) is 4.74 Å². The number of β-amino-alcohol motifs (C(OH)–C–C–N with tert-alkyl or cyclic N) is 2. The van der Waals surface area contributed by atoms with Gasteiger partial charge in [-0.3, -0.25) is 4.90 Å². The topological polar surface area (TPSA) is 93.4 Å². The van der Waals surface area contributed by atoms with Crippen molar-refractivity contribution in [3.05, 3.63) is 35.4 Å². The first-order valence-corrected chi connectivity index (χ1v) is 9.38. The summed E-state index contributed by atoms with van der Waals surface area (Å²) in [5, 5.41) is 38.9. The van der Waals surface area contributed by atoms with Crippen LogP contribution in [0.3, 0.4) is 0 Å². The largest absolute Gasteiger partial charge is 0.389 e. The molecular formula is C19H28F3NO5. The van der Waals surface area contributed by atoms with Crippen molar-refractivity contribution in [3.63, 3.8) is 0 Å². The van der Waals surface area contributed by atoms with Crippen LogP contribution in [0.1, 0.15) is 24.8 Å². The van der Waals surface area contributed by atoms with Gasteiger partial charge < -0.3 is 25.2 Å². The van der Waals surface area contributed by atoms with Gasteiger partial charge in [0, 0.05) is 13.1 Å². The van der Waals surface area contributed by atoms with Crippen molar-refractivity contribution in [1.82, 2.24) is 4.90 Å². The molecule has 0 spiro atoms. The van der Waals surface area contributed by atoms with Crippen LogP contribution in [0.5, 0.6) is 0 Å². The summed E-state index contributed by atoms with van der Waals surface area (Å²) in [5.74, 6) is -1.91. The quantitative estimate of drug-likeness (QED) is 0.452. The second-order valence-electron chi connectivity index (χ2n) is 7.23. The highest BCUT2D eigenvalue weighted by molar-refractivity contribution is 5.16. The Morgan fingerprint density at radius 2 is 1.64 bits per heavy atom. The van der Waals surface area contributed by atoms with Crippen LogP contribution in [-0.4, -0.2) is 82.2 Å². The molecular weight excluding hydrogens is 379 g/mol. The molecule has 1 unspecified atom stereocenters. The average molecular weight is 407 g/mol. The van der Waals surface area contributed by atoms with Crippen molar-refractivity contribution in [3.8, 4) is 0 Å². The fourth-order valence-corrected chi connectivity index (χ4v) is 3.18. The first kappa shape index (κ1) is 23.1. The summed E-state index contributed by atoms with van der Waals surface area (Å²) in [6.07, 6.45) is -4.92. The zero-order chi connectivity index (χ0) is 20.7. The Labute approximate surface area is 162 Å². The smallest absolute Gasteiger partial charge is 0.159 e. The SMILES string of the molecule is O[C@H]1[C@H](O)[C@@H](O)CN(CCCCC(F)COCc2ccc(F)c(F)c2)C[C@@H]1O. The second kappa shape index (κ2) is 11.1. The lowest BCUT2D eigenvalue weighted by molar-refractivity contribution is -0.0894. The Bertz CT molecular complexity index is 593. The molecule has 6 nitrogen and oxygen atoms in total. The van der Waals surface area contributed by atoms with Crippen molar-refractivity contribution >= 4 is 0 Å². The summed E-state index contributed by atoms with van der Waals surface area (Å²) in [6, 6.07) is 3.39. The summed E-state index contributed by atoms with van der Waals surface area (Å²) in [7, 11) is 0. The van der Waals surface area contributed by atoms with Gasteiger partial charge in [0.15, 0.2) is 11.6 Å². The number of hydrogen-bond donors (Lipinski definition) is 4. The number of benzene rings is 1. The highest BCUT2D eigenvalue weighted by Gasteiger charge is 2.35. The number of halogens is 3. The summed E-state index contributed by atoms with van der Waals surface area (Å²) in [4.78, 5) is 1.72. The molecule has 0 amide bonds. The lowest BCUT2D eigenvalue weighted by atomic mass is 10.1. The zero-order valence-corrected chi connectivity index (χ0v) is 15.6. The van der Waals surface area contributed by atoms with E-state index in [2.05, 4.69) is 0 Å². The maximum absolute atomic E-state index is 13.9. The number of aliphatic hydroxyl groups is 4. The van der Waals surface area contributed by atoms with E-state index >= 15 is 0 Å². The number of ether oxygens (including phenoxy) is 1. The molecule has 0 saturated carbocycles. The van der Waals surface area contributed by atoms with Crippen molar-refractivity contribution in [1.29, 1.82) is 0 Å². The highest BCUT2D eigenvalue weighted by atomic mass is 19.2. The lowest BCUT2D eigenvalue weighted by Crippen LogP contribution is -2.43. The fraction of sp³-hybridized carbons (Fsp3) is 0.684. The number of aliphatic hydroxyl groups excluding tert-OH is 4. The highest BCUT2D eigenvalue weighted by Crippen LogP contribution is 2.15. The van der Waals surface area contributed by atoms with Crippen LogP contribution in [0.15, 0.2) is 18.2 Å². The number of alkyl halides is 1. The number of hydrogen-bond acceptors (Lipinski definition) is 6. The van der Waals surface area contributed by atoms with Crippen molar-refractivity contribution in [2.45, 2.75) is 56.5 Å². The molecule has 28 heavy (non-hydrogen) atoms. The maximum atomic E-state index is 13.9. The molecule has 160 valence electrons. The molecule has 0 aromatic heterocycles. The lowest BCUT2D eigenvalue weighted by Gasteiger charge is -2.23. The predicted molar refractivity (Wildman–Crippen MR) is 95.2 cm³/mol. The molecule has 1 fully saturated rings. The Hall–Kier alpha value is -1.23. The van der Waals surface area contributed by atoms with Crippen molar-refractivity contribution < 1.29 is 38.3 Å². The Kier molecular flexibility index (Phi) is 9.13. The van der Waals surface area contributed by atoms with E-state index in [1.807, 2.05) is 0 Å². The van der Waals surface area contributed by atoms with E-state index in [1.54, 1.807) is 4.90 Å². The minimum absolute atomic E-state index is 0.00811. The first-order valence-electron chi connectivity index (χ1n) is 9.38. The molecule has 2 rings (SSSR count). The van der Waals surface area contributed by atoms with E-state index in [9.17, 15) is 33.6 Å². The number of nitrogens with zero attached hydrogens (tertiary/aromatic N) is 1. The van der Waals surface area contributed by atoms with Crippen LogP contribution in [0.4, 0.5) is 13.2 Å². The first-order chi connectivity index (χ1) is 13.3. The summed E-state index contributed by atoms with van der Waals surface area (Å²) in [6.45, 7) is 0.553. The molecule has 1 aromatic carbocycles. The van der Waals surface area contributed by atoms with Gasteiger partial charge in [-0.1, -0.05) is 6.07 Å². The van der Waals surface area contributed by atoms with E-state index < -0.39 is 42.2 Å². The van der Waals surface area contributed by atoms with E-state index in [-0.39, 0.29) is 32.7 Å². The molecule has 1 aromatic rings. The molecule has 0 aliphatic carbocycles. The molecule has 1 aliphatic heterocycles.